The molecule has 0 aromatic rings. The maximum atomic E-state index is 12.1. The number of rotatable bonds is 7. The second-order valence-corrected chi connectivity index (χ2v) is 8.55. The van der Waals surface area contributed by atoms with E-state index in [-0.39, 0.29) is 47.5 Å². The molecular weight excluding hydrogens is 351 g/mol. The number of carbonyl (C=O) groups excluding carboxylic acids is 3. The van der Waals surface area contributed by atoms with Crippen molar-refractivity contribution in [1.29, 1.82) is 0 Å². The van der Waals surface area contributed by atoms with Crippen LogP contribution in [0.2, 0.25) is 0 Å². The van der Waals surface area contributed by atoms with Gasteiger partial charge in [-0.3, -0.25) is 19.3 Å². The van der Waals surface area contributed by atoms with Gasteiger partial charge in [0.2, 0.25) is 17.7 Å². The molecule has 2 aliphatic rings. The Morgan fingerprint density at radius 2 is 2.00 bits per heavy atom. The summed E-state index contributed by atoms with van der Waals surface area (Å²) < 4.78 is 10.6. The van der Waals surface area contributed by atoms with Crippen LogP contribution in [0.5, 0.6) is 0 Å². The molecule has 2 N–H and O–H groups in total. The molecular formula is C15H24N2O5PS+. The van der Waals surface area contributed by atoms with Crippen molar-refractivity contribution in [2.75, 3.05) is 25.5 Å². The van der Waals surface area contributed by atoms with Crippen molar-refractivity contribution in [3.63, 3.8) is 0 Å². The first-order valence-electron chi connectivity index (χ1n) is 8.20. The summed E-state index contributed by atoms with van der Waals surface area (Å²) >= 11 is 1.42. The van der Waals surface area contributed by atoms with E-state index in [1.54, 1.807) is 0 Å². The van der Waals surface area contributed by atoms with Crippen LogP contribution in [0.4, 0.5) is 0 Å². The third kappa shape index (κ3) is 5.01. The van der Waals surface area contributed by atoms with Gasteiger partial charge < -0.3 is 5.32 Å². The van der Waals surface area contributed by atoms with E-state index in [0.717, 1.165) is 25.7 Å². The van der Waals surface area contributed by atoms with Crippen LogP contribution in [0.15, 0.2) is 0 Å². The average molecular weight is 375 g/mol. The van der Waals surface area contributed by atoms with Crippen LogP contribution in [-0.4, -0.2) is 58.3 Å². The summed E-state index contributed by atoms with van der Waals surface area (Å²) in [6.45, 7) is 0.686. The summed E-state index contributed by atoms with van der Waals surface area (Å²) in [6, 6.07) is 0. The quantitative estimate of drug-likeness (QED) is 0.511. The molecule has 2 atom stereocenters. The Morgan fingerprint density at radius 3 is 2.54 bits per heavy atom. The van der Waals surface area contributed by atoms with Gasteiger partial charge in [-0.2, -0.15) is 16.7 Å². The smallest absolute Gasteiger partial charge is 0.351 e. The summed E-state index contributed by atoms with van der Waals surface area (Å²) in [5.74, 6) is -0.0555. The van der Waals surface area contributed by atoms with Crippen LogP contribution in [0.25, 0.3) is 0 Å². The lowest BCUT2D eigenvalue weighted by molar-refractivity contribution is -0.139. The van der Waals surface area contributed by atoms with Crippen LogP contribution in [0.3, 0.4) is 0 Å². The van der Waals surface area contributed by atoms with E-state index in [9.17, 15) is 18.9 Å². The Bertz CT molecular complexity index is 522. The fourth-order valence-electron chi connectivity index (χ4n) is 3.31. The van der Waals surface area contributed by atoms with Crippen LogP contribution >= 0.6 is 19.8 Å². The van der Waals surface area contributed by atoms with E-state index in [2.05, 4.69) is 5.32 Å². The number of nitrogens with one attached hydrogen (secondary N) is 1. The standard InChI is InChI=1S/C15H23N2O5PS/c1-24-12-8-13(18)17(15(12)20)9-10-2-4-11(5-3-10)14(19)16-6-7-23(21)22/h10-12H,2-9H2,1H3,(H-,16,19,21,22)/p+1. The Balaban J connectivity index is 1.75. The zero-order chi connectivity index (χ0) is 17.7. The van der Waals surface area contributed by atoms with Gasteiger partial charge in [-0.05, 0) is 42.4 Å². The SMILES string of the molecule is CSC1CC(=O)N(CC2CCC(C(=O)NCC[P+](=O)O)CC2)C1=O. The van der Waals surface area contributed by atoms with Gasteiger partial charge in [-0.25, -0.2) is 0 Å². The lowest BCUT2D eigenvalue weighted by Gasteiger charge is -2.30. The molecule has 1 aliphatic carbocycles. The van der Waals surface area contributed by atoms with E-state index in [1.807, 2.05) is 6.26 Å². The number of thioether (sulfide) groups is 1. The molecule has 3 amide bonds. The highest BCUT2D eigenvalue weighted by Crippen LogP contribution is 2.32. The third-order valence-corrected chi connectivity index (χ3v) is 6.29. The second kappa shape index (κ2) is 8.92. The summed E-state index contributed by atoms with van der Waals surface area (Å²) in [6.07, 6.45) is 5.29. The van der Waals surface area contributed by atoms with Crippen LogP contribution in [-0.2, 0) is 18.9 Å². The average Bonchev–Trinajstić information content (AvgIpc) is 2.82. The Morgan fingerprint density at radius 1 is 1.33 bits per heavy atom. The molecule has 0 bridgehead atoms. The van der Waals surface area contributed by atoms with Gasteiger partial charge in [-0.1, -0.05) is 0 Å². The number of amides is 3. The molecule has 0 spiro atoms. The first-order valence-corrected chi connectivity index (χ1v) is 10.9. The number of likely N-dealkylation sites (tertiary alicyclic amines) is 1. The monoisotopic (exact) mass is 375 g/mol. The highest BCUT2D eigenvalue weighted by atomic mass is 32.2. The number of carbonyl (C=O) groups is 3. The minimum absolute atomic E-state index is 0.0685. The van der Waals surface area contributed by atoms with Gasteiger partial charge >= 0.3 is 8.03 Å². The zero-order valence-corrected chi connectivity index (χ0v) is 15.5. The lowest BCUT2D eigenvalue weighted by atomic mass is 9.81. The highest BCUT2D eigenvalue weighted by Gasteiger charge is 2.39. The van der Waals surface area contributed by atoms with Gasteiger partial charge in [-0.15, -0.1) is 0 Å². The van der Waals surface area contributed by atoms with Crippen LogP contribution < -0.4 is 5.32 Å². The molecule has 2 unspecified atom stereocenters. The normalized spacial score (nSPS) is 28.2. The largest absolute Gasteiger partial charge is 0.507 e. The molecule has 1 aliphatic heterocycles. The second-order valence-electron chi connectivity index (χ2n) is 6.36. The summed E-state index contributed by atoms with van der Waals surface area (Å²) in [7, 11) is -2.21. The van der Waals surface area contributed by atoms with Crippen molar-refractivity contribution in [3.8, 4) is 0 Å². The molecule has 1 heterocycles. The van der Waals surface area contributed by atoms with Gasteiger partial charge in [0, 0.05) is 18.9 Å². The number of hydrogen-bond acceptors (Lipinski definition) is 5. The van der Waals surface area contributed by atoms with Crippen molar-refractivity contribution in [3.05, 3.63) is 0 Å². The summed E-state index contributed by atoms with van der Waals surface area (Å²) in [5.41, 5.74) is 0. The van der Waals surface area contributed by atoms with Gasteiger partial charge in [0.15, 0.2) is 6.16 Å². The third-order valence-electron chi connectivity index (χ3n) is 4.75. The predicted octanol–water partition coefficient (Wildman–Crippen LogP) is 1.13. The summed E-state index contributed by atoms with van der Waals surface area (Å²) in [5, 5.41) is 2.46. The Labute approximate surface area is 146 Å². The molecule has 9 heteroatoms. The lowest BCUT2D eigenvalue weighted by Crippen LogP contribution is -2.39. The Hall–Kier alpha value is -0.980. The van der Waals surface area contributed by atoms with Crippen LogP contribution in [0.1, 0.15) is 32.1 Å². The number of nitrogens with zero attached hydrogens (tertiary/aromatic N) is 1. The molecule has 1 saturated heterocycles. The molecule has 7 nitrogen and oxygen atoms in total. The number of imide groups is 1. The fraction of sp³-hybridized carbons (Fsp3) is 0.800. The maximum absolute atomic E-state index is 12.1. The van der Waals surface area contributed by atoms with Crippen molar-refractivity contribution in [1.82, 2.24) is 10.2 Å². The fourth-order valence-corrected chi connectivity index (χ4v) is 4.25. The van der Waals surface area contributed by atoms with E-state index in [0.29, 0.717) is 13.0 Å². The molecule has 2 fully saturated rings. The maximum Gasteiger partial charge on any atom is 0.507 e. The van der Waals surface area contributed by atoms with Crippen molar-refractivity contribution < 1.29 is 23.8 Å². The van der Waals surface area contributed by atoms with E-state index >= 15 is 0 Å². The minimum atomic E-state index is -2.21. The Kier molecular flexibility index (Phi) is 7.19. The molecule has 134 valence electrons. The van der Waals surface area contributed by atoms with Crippen molar-refractivity contribution in [2.45, 2.75) is 37.4 Å². The zero-order valence-electron chi connectivity index (χ0n) is 13.8. The predicted molar refractivity (Wildman–Crippen MR) is 91.8 cm³/mol. The highest BCUT2D eigenvalue weighted by molar-refractivity contribution is 8.00. The molecule has 0 aromatic heterocycles. The first kappa shape index (κ1) is 19.3. The minimum Gasteiger partial charge on any atom is -0.351 e. The van der Waals surface area contributed by atoms with Gasteiger partial charge in [0.25, 0.3) is 0 Å². The van der Waals surface area contributed by atoms with E-state index < -0.39 is 8.03 Å². The summed E-state index contributed by atoms with van der Waals surface area (Å²) in [4.78, 5) is 46.2. The molecule has 0 radical (unpaired) electrons. The molecule has 0 aromatic carbocycles. The van der Waals surface area contributed by atoms with Crippen LogP contribution in [0, 0.1) is 11.8 Å². The van der Waals surface area contributed by atoms with Gasteiger partial charge in [0.1, 0.15) is 0 Å². The van der Waals surface area contributed by atoms with Crippen molar-refractivity contribution >= 4 is 37.5 Å². The molecule has 2 rings (SSSR count). The number of hydrogen-bond donors (Lipinski definition) is 2. The molecule has 1 saturated carbocycles. The topological polar surface area (TPSA) is 104 Å². The van der Waals surface area contributed by atoms with Crippen molar-refractivity contribution in [2.24, 2.45) is 11.8 Å². The van der Waals surface area contributed by atoms with Gasteiger partial charge in [0.05, 0.1) is 11.8 Å². The van der Waals surface area contributed by atoms with E-state index in [1.165, 1.54) is 16.7 Å². The first-order chi connectivity index (χ1) is 11.4. The molecule has 24 heavy (non-hydrogen) atoms. The van der Waals surface area contributed by atoms with E-state index in [4.69, 9.17) is 4.89 Å².